The van der Waals surface area contributed by atoms with Crippen LogP contribution in [-0.2, 0) is 0 Å². The number of carbonyl (C=O) groups is 1. The molecule has 0 aromatic carbocycles. The fourth-order valence-electron chi connectivity index (χ4n) is 1.28. The highest BCUT2D eigenvalue weighted by atomic mass is 32.2. The number of pyridine rings is 1. The molecule has 5 nitrogen and oxygen atoms in total. The van der Waals surface area contributed by atoms with Gasteiger partial charge < -0.3 is 9.84 Å². The van der Waals surface area contributed by atoms with Crippen LogP contribution in [0, 0.1) is 6.92 Å². The largest absolute Gasteiger partial charge is 0.481 e. The van der Waals surface area contributed by atoms with E-state index in [1.807, 2.05) is 6.07 Å². The van der Waals surface area contributed by atoms with E-state index in [4.69, 9.17) is 9.84 Å². The SMILES string of the molecule is COc1cc(Sc2nc(C)c(C(=O)O)s2)ccn1. The molecule has 7 heteroatoms. The van der Waals surface area contributed by atoms with Crippen LogP contribution in [0.5, 0.6) is 5.88 Å². The molecule has 0 unspecified atom stereocenters. The molecule has 0 fully saturated rings. The number of carboxylic acids is 1. The predicted molar refractivity (Wildman–Crippen MR) is 68.7 cm³/mol. The number of hydrogen-bond acceptors (Lipinski definition) is 6. The predicted octanol–water partition coefficient (Wildman–Crippen LogP) is 2.70. The maximum atomic E-state index is 10.9. The van der Waals surface area contributed by atoms with Gasteiger partial charge in [-0.1, -0.05) is 11.8 Å². The van der Waals surface area contributed by atoms with Crippen LogP contribution in [0.15, 0.2) is 27.6 Å². The van der Waals surface area contributed by atoms with Crippen molar-refractivity contribution in [3.05, 3.63) is 28.9 Å². The van der Waals surface area contributed by atoms with E-state index >= 15 is 0 Å². The van der Waals surface area contributed by atoms with E-state index in [0.717, 1.165) is 4.90 Å². The normalized spacial score (nSPS) is 10.3. The lowest BCUT2D eigenvalue weighted by atomic mass is 10.4. The monoisotopic (exact) mass is 282 g/mol. The maximum absolute atomic E-state index is 10.9. The maximum Gasteiger partial charge on any atom is 0.347 e. The van der Waals surface area contributed by atoms with E-state index in [9.17, 15) is 4.79 Å². The molecule has 2 heterocycles. The van der Waals surface area contributed by atoms with Crippen LogP contribution in [-0.4, -0.2) is 28.2 Å². The second-order valence-corrected chi connectivity index (χ2v) is 5.66. The Labute approximate surface area is 112 Å². The van der Waals surface area contributed by atoms with Gasteiger partial charge in [-0.2, -0.15) is 0 Å². The number of rotatable bonds is 4. The molecule has 0 saturated heterocycles. The van der Waals surface area contributed by atoms with Crippen molar-refractivity contribution in [3.8, 4) is 5.88 Å². The zero-order valence-electron chi connectivity index (χ0n) is 9.71. The number of nitrogens with zero attached hydrogens (tertiary/aromatic N) is 2. The number of thiazole rings is 1. The van der Waals surface area contributed by atoms with Crippen molar-refractivity contribution in [1.82, 2.24) is 9.97 Å². The van der Waals surface area contributed by atoms with Gasteiger partial charge >= 0.3 is 5.97 Å². The third kappa shape index (κ3) is 2.80. The summed E-state index contributed by atoms with van der Waals surface area (Å²) in [6.45, 7) is 1.69. The molecular formula is C11H10N2O3S2. The van der Waals surface area contributed by atoms with Crippen LogP contribution in [0.4, 0.5) is 0 Å². The molecule has 0 aliphatic rings. The van der Waals surface area contributed by atoms with E-state index < -0.39 is 5.97 Å². The highest BCUT2D eigenvalue weighted by Crippen LogP contribution is 2.33. The summed E-state index contributed by atoms with van der Waals surface area (Å²) in [5.41, 5.74) is 0.538. The number of carboxylic acid groups (broad SMARTS) is 1. The van der Waals surface area contributed by atoms with Crippen molar-refractivity contribution in [2.75, 3.05) is 7.11 Å². The molecule has 0 aliphatic heterocycles. The number of hydrogen-bond donors (Lipinski definition) is 1. The Morgan fingerprint density at radius 1 is 1.56 bits per heavy atom. The summed E-state index contributed by atoms with van der Waals surface area (Å²) in [5, 5.41) is 8.96. The van der Waals surface area contributed by atoms with E-state index in [1.165, 1.54) is 23.1 Å². The Bertz CT molecular complexity index is 583. The third-order valence-electron chi connectivity index (χ3n) is 2.09. The van der Waals surface area contributed by atoms with Gasteiger partial charge in [0.1, 0.15) is 4.88 Å². The summed E-state index contributed by atoms with van der Waals surface area (Å²) in [7, 11) is 1.55. The molecular weight excluding hydrogens is 272 g/mol. The zero-order chi connectivity index (χ0) is 13.1. The van der Waals surface area contributed by atoms with E-state index in [-0.39, 0.29) is 4.88 Å². The molecule has 0 aliphatic carbocycles. The molecule has 94 valence electrons. The van der Waals surface area contributed by atoms with Crippen molar-refractivity contribution in [1.29, 1.82) is 0 Å². The minimum Gasteiger partial charge on any atom is -0.481 e. The number of ether oxygens (including phenoxy) is 1. The summed E-state index contributed by atoms with van der Waals surface area (Å²) >= 11 is 2.56. The fourth-order valence-corrected chi connectivity index (χ4v) is 3.30. The highest BCUT2D eigenvalue weighted by molar-refractivity contribution is 8.01. The topological polar surface area (TPSA) is 72.3 Å². The highest BCUT2D eigenvalue weighted by Gasteiger charge is 2.14. The van der Waals surface area contributed by atoms with Crippen molar-refractivity contribution >= 4 is 29.1 Å². The van der Waals surface area contributed by atoms with Gasteiger partial charge in [0.05, 0.1) is 12.8 Å². The van der Waals surface area contributed by atoms with Crippen LogP contribution >= 0.6 is 23.1 Å². The lowest BCUT2D eigenvalue weighted by Gasteiger charge is -2.00. The van der Waals surface area contributed by atoms with Gasteiger partial charge in [0.15, 0.2) is 4.34 Å². The van der Waals surface area contributed by atoms with Gasteiger partial charge in [0.2, 0.25) is 5.88 Å². The molecule has 0 amide bonds. The summed E-state index contributed by atoms with van der Waals surface area (Å²) < 4.78 is 5.72. The Morgan fingerprint density at radius 3 is 2.94 bits per heavy atom. The van der Waals surface area contributed by atoms with E-state index in [0.29, 0.717) is 15.9 Å². The van der Waals surface area contributed by atoms with Crippen molar-refractivity contribution in [2.24, 2.45) is 0 Å². The molecule has 18 heavy (non-hydrogen) atoms. The second-order valence-electron chi connectivity index (χ2n) is 3.34. The van der Waals surface area contributed by atoms with Gasteiger partial charge in [0, 0.05) is 17.2 Å². The van der Waals surface area contributed by atoms with Crippen LogP contribution in [0.3, 0.4) is 0 Å². The molecule has 2 rings (SSSR count). The van der Waals surface area contributed by atoms with Crippen LogP contribution in [0.1, 0.15) is 15.4 Å². The number of aromatic nitrogens is 2. The first-order valence-electron chi connectivity index (χ1n) is 4.98. The van der Waals surface area contributed by atoms with Gasteiger partial charge in [-0.15, -0.1) is 11.3 Å². The molecule has 0 bridgehead atoms. The molecule has 0 saturated carbocycles. The first-order chi connectivity index (χ1) is 8.60. The lowest BCUT2D eigenvalue weighted by molar-refractivity contribution is 0.0701. The summed E-state index contributed by atoms with van der Waals surface area (Å²) in [6, 6.07) is 3.60. The second kappa shape index (κ2) is 5.36. The quantitative estimate of drug-likeness (QED) is 0.929. The van der Waals surface area contributed by atoms with Crippen molar-refractivity contribution in [3.63, 3.8) is 0 Å². The molecule has 1 N–H and O–H groups in total. The van der Waals surface area contributed by atoms with Crippen LogP contribution in [0.2, 0.25) is 0 Å². The van der Waals surface area contributed by atoms with Crippen molar-refractivity contribution in [2.45, 2.75) is 16.2 Å². The van der Waals surface area contributed by atoms with E-state index in [1.54, 1.807) is 26.3 Å². The standard InChI is InChI=1S/C11H10N2O3S2/c1-6-9(10(14)15)18-11(13-6)17-7-3-4-12-8(5-7)16-2/h3-5H,1-2H3,(H,14,15). The minimum absolute atomic E-state index is 0.276. The smallest absolute Gasteiger partial charge is 0.347 e. The summed E-state index contributed by atoms with van der Waals surface area (Å²) in [5.74, 6) is -0.420. The van der Waals surface area contributed by atoms with Gasteiger partial charge in [-0.05, 0) is 13.0 Å². The average Bonchev–Trinajstić information content (AvgIpc) is 2.70. The Hall–Kier alpha value is -1.60. The molecule has 0 spiro atoms. The third-order valence-corrected chi connectivity index (χ3v) is 4.29. The Balaban J connectivity index is 2.23. The number of aryl methyl sites for hydroxylation is 1. The minimum atomic E-state index is -0.941. The summed E-state index contributed by atoms with van der Waals surface area (Å²) in [6.07, 6.45) is 1.64. The van der Waals surface area contributed by atoms with Gasteiger partial charge in [-0.25, -0.2) is 14.8 Å². The van der Waals surface area contributed by atoms with Gasteiger partial charge in [0.25, 0.3) is 0 Å². The average molecular weight is 282 g/mol. The first kappa shape index (κ1) is 12.8. The summed E-state index contributed by atoms with van der Waals surface area (Å²) in [4.78, 5) is 20.3. The Morgan fingerprint density at radius 2 is 2.33 bits per heavy atom. The van der Waals surface area contributed by atoms with Crippen LogP contribution < -0.4 is 4.74 Å². The molecule has 2 aromatic heterocycles. The fraction of sp³-hybridized carbons (Fsp3) is 0.182. The van der Waals surface area contributed by atoms with Crippen molar-refractivity contribution < 1.29 is 14.6 Å². The molecule has 0 atom stereocenters. The molecule has 0 radical (unpaired) electrons. The van der Waals surface area contributed by atoms with E-state index in [2.05, 4.69) is 9.97 Å². The van der Waals surface area contributed by atoms with Crippen LogP contribution in [0.25, 0.3) is 0 Å². The number of methoxy groups -OCH3 is 1. The first-order valence-corrected chi connectivity index (χ1v) is 6.62. The lowest BCUT2D eigenvalue weighted by Crippen LogP contribution is -1.94. The zero-order valence-corrected chi connectivity index (χ0v) is 11.3. The molecule has 2 aromatic rings. The number of aromatic carboxylic acids is 1. The Kier molecular flexibility index (Phi) is 3.83. The van der Waals surface area contributed by atoms with Gasteiger partial charge in [-0.3, -0.25) is 0 Å².